The molecule has 200 valence electrons. The largest absolute Gasteiger partial charge is 0.493 e. The van der Waals surface area contributed by atoms with Gasteiger partial charge in [-0.15, -0.1) is 0 Å². The lowest BCUT2D eigenvalue weighted by atomic mass is 9.71. The van der Waals surface area contributed by atoms with E-state index in [-0.39, 0.29) is 23.8 Å². The molecule has 1 N–H and O–H groups in total. The van der Waals surface area contributed by atoms with Gasteiger partial charge < -0.3 is 19.5 Å². The molecule has 2 atom stereocenters. The maximum Gasteiger partial charge on any atom is 0.337 e. The summed E-state index contributed by atoms with van der Waals surface area (Å²) in [6.07, 6.45) is 4.74. The van der Waals surface area contributed by atoms with Gasteiger partial charge in [-0.25, -0.2) is 4.79 Å². The Labute approximate surface area is 236 Å². The molecule has 6 nitrogen and oxygen atoms in total. The molecule has 1 aliphatic heterocycles. The number of carbonyl (C=O) groups excluding carboxylic acids is 2. The molecule has 2 aromatic carbocycles. The molecular formula is C30H31BrClNO5. The molecule has 1 fully saturated rings. The van der Waals surface area contributed by atoms with Crippen molar-refractivity contribution in [3.8, 4) is 11.5 Å². The second-order valence-corrected chi connectivity index (χ2v) is 11.4. The van der Waals surface area contributed by atoms with Gasteiger partial charge in [0.2, 0.25) is 0 Å². The van der Waals surface area contributed by atoms with E-state index in [1.807, 2.05) is 43.3 Å². The van der Waals surface area contributed by atoms with E-state index in [1.165, 1.54) is 0 Å². The number of benzene rings is 2. The fourth-order valence-electron chi connectivity index (χ4n) is 5.90. The van der Waals surface area contributed by atoms with Crippen LogP contribution in [0.15, 0.2) is 63.4 Å². The van der Waals surface area contributed by atoms with Crippen LogP contribution in [-0.4, -0.2) is 32.1 Å². The van der Waals surface area contributed by atoms with Gasteiger partial charge in [-0.3, -0.25) is 4.79 Å². The first-order chi connectivity index (χ1) is 18.3. The molecule has 8 heteroatoms. The monoisotopic (exact) mass is 599 g/mol. The minimum atomic E-state index is -0.604. The van der Waals surface area contributed by atoms with Crippen molar-refractivity contribution in [2.75, 3.05) is 14.2 Å². The highest BCUT2D eigenvalue weighted by molar-refractivity contribution is 9.10. The van der Waals surface area contributed by atoms with Crippen LogP contribution >= 0.6 is 27.5 Å². The summed E-state index contributed by atoms with van der Waals surface area (Å²) in [6, 6.07) is 11.3. The summed E-state index contributed by atoms with van der Waals surface area (Å²) < 4.78 is 17.8. The standard InChI is InChI=1S/C30H31BrClNO5/c1-16-27(30(35)38-20-6-4-5-7-20)28(21-14-25(36-2)26(37-3)15-22(21)31)29-23(33-16)12-18(13-24(29)34)17-8-10-19(32)11-9-17/h8-11,14-15,18,20,28,33H,4-7,12-13H2,1-3H3/t18-,28+/m1/s1. The van der Waals surface area contributed by atoms with E-state index in [1.54, 1.807) is 14.2 Å². The Kier molecular flexibility index (Phi) is 7.87. The third-order valence-electron chi connectivity index (χ3n) is 7.78. The third-order valence-corrected chi connectivity index (χ3v) is 8.72. The number of dihydropyridines is 1. The van der Waals surface area contributed by atoms with Crippen LogP contribution < -0.4 is 14.8 Å². The number of ketones is 1. The van der Waals surface area contributed by atoms with Gasteiger partial charge in [-0.1, -0.05) is 39.7 Å². The van der Waals surface area contributed by atoms with E-state index >= 15 is 0 Å². The SMILES string of the molecule is COc1cc(Br)c([C@H]2C(C(=O)OC3CCCC3)=C(C)NC3=C2C(=O)C[C@H](c2ccc(Cl)cc2)C3)cc1OC. The molecule has 2 aromatic rings. The molecule has 2 aliphatic carbocycles. The smallest absolute Gasteiger partial charge is 0.337 e. The minimum absolute atomic E-state index is 0.00375. The van der Waals surface area contributed by atoms with E-state index in [0.717, 1.165) is 47.0 Å². The predicted octanol–water partition coefficient (Wildman–Crippen LogP) is 6.97. The molecule has 0 amide bonds. The highest BCUT2D eigenvalue weighted by atomic mass is 79.9. The number of halogens is 2. The fraction of sp³-hybridized carbons (Fsp3) is 0.400. The predicted molar refractivity (Wildman–Crippen MR) is 150 cm³/mol. The Hall–Kier alpha value is -2.77. The summed E-state index contributed by atoms with van der Waals surface area (Å²) in [6.45, 7) is 1.88. The molecule has 0 bridgehead atoms. The topological polar surface area (TPSA) is 73.9 Å². The van der Waals surface area contributed by atoms with E-state index in [2.05, 4.69) is 21.2 Å². The number of nitrogens with one attached hydrogen (secondary N) is 1. The lowest BCUT2D eigenvalue weighted by molar-refractivity contribution is -0.144. The second kappa shape index (κ2) is 11.1. The summed E-state index contributed by atoms with van der Waals surface area (Å²) in [5.41, 5.74) is 4.42. The Morgan fingerprint density at radius 3 is 2.34 bits per heavy atom. The highest BCUT2D eigenvalue weighted by Crippen LogP contribution is 2.49. The molecule has 5 rings (SSSR count). The van der Waals surface area contributed by atoms with Crippen LogP contribution in [0, 0.1) is 0 Å². The number of ether oxygens (including phenoxy) is 3. The van der Waals surface area contributed by atoms with E-state index in [4.69, 9.17) is 25.8 Å². The number of hydrogen-bond donors (Lipinski definition) is 1. The van der Waals surface area contributed by atoms with Crippen LogP contribution in [0.5, 0.6) is 11.5 Å². The van der Waals surface area contributed by atoms with Crippen molar-refractivity contribution < 1.29 is 23.8 Å². The number of Topliss-reactive ketones (excluding diaryl/α,β-unsaturated/α-hetero) is 1. The zero-order valence-electron chi connectivity index (χ0n) is 21.7. The van der Waals surface area contributed by atoms with Crippen LogP contribution in [0.3, 0.4) is 0 Å². The van der Waals surface area contributed by atoms with Gasteiger partial charge >= 0.3 is 5.97 Å². The van der Waals surface area contributed by atoms with Gasteiger partial charge in [-0.2, -0.15) is 0 Å². The maximum absolute atomic E-state index is 13.9. The number of allylic oxidation sites excluding steroid dienone is 3. The van der Waals surface area contributed by atoms with Gasteiger partial charge in [0.05, 0.1) is 19.8 Å². The molecule has 0 unspecified atom stereocenters. The van der Waals surface area contributed by atoms with E-state index < -0.39 is 5.92 Å². The third kappa shape index (κ3) is 5.10. The molecule has 1 heterocycles. The summed E-state index contributed by atoms with van der Waals surface area (Å²) >= 11 is 9.79. The summed E-state index contributed by atoms with van der Waals surface area (Å²) in [7, 11) is 3.15. The first-order valence-electron chi connectivity index (χ1n) is 12.9. The van der Waals surface area contributed by atoms with Gasteiger partial charge in [0.15, 0.2) is 17.3 Å². The first kappa shape index (κ1) is 26.8. The van der Waals surface area contributed by atoms with Gasteiger partial charge in [0, 0.05) is 38.8 Å². The number of hydrogen-bond acceptors (Lipinski definition) is 6. The van der Waals surface area contributed by atoms with Gasteiger partial charge in [-0.05, 0) is 80.3 Å². The zero-order chi connectivity index (χ0) is 27.0. The lowest BCUT2D eigenvalue weighted by Crippen LogP contribution is -2.36. The van der Waals surface area contributed by atoms with Crippen LogP contribution in [0.2, 0.25) is 5.02 Å². The molecule has 0 spiro atoms. The second-order valence-electron chi connectivity index (χ2n) is 10.1. The van der Waals surface area contributed by atoms with Crippen LogP contribution in [0.4, 0.5) is 0 Å². The highest BCUT2D eigenvalue weighted by Gasteiger charge is 2.43. The molecular weight excluding hydrogens is 570 g/mol. The van der Waals surface area contributed by atoms with Gasteiger partial charge in [0.1, 0.15) is 6.10 Å². The minimum Gasteiger partial charge on any atom is -0.493 e. The fourth-order valence-corrected chi connectivity index (χ4v) is 6.58. The number of rotatable bonds is 6. The van der Waals surface area contributed by atoms with Crippen molar-refractivity contribution in [1.29, 1.82) is 0 Å². The molecule has 1 saturated carbocycles. The molecule has 0 radical (unpaired) electrons. The number of methoxy groups -OCH3 is 2. The van der Waals surface area contributed by atoms with Crippen molar-refractivity contribution in [2.45, 2.75) is 63.4 Å². The van der Waals surface area contributed by atoms with Crippen molar-refractivity contribution in [1.82, 2.24) is 5.32 Å². The summed E-state index contributed by atoms with van der Waals surface area (Å²) in [5.74, 6) is 0.111. The van der Waals surface area contributed by atoms with Crippen molar-refractivity contribution in [3.05, 3.63) is 79.6 Å². The Balaban J connectivity index is 1.60. The van der Waals surface area contributed by atoms with Crippen LogP contribution in [-0.2, 0) is 14.3 Å². The van der Waals surface area contributed by atoms with Crippen molar-refractivity contribution in [2.24, 2.45) is 0 Å². The molecule has 0 aromatic heterocycles. The van der Waals surface area contributed by atoms with Crippen molar-refractivity contribution >= 4 is 39.3 Å². The maximum atomic E-state index is 13.9. The lowest BCUT2D eigenvalue weighted by Gasteiger charge is -2.37. The Morgan fingerprint density at radius 2 is 1.68 bits per heavy atom. The first-order valence-corrected chi connectivity index (χ1v) is 14.1. The molecule has 38 heavy (non-hydrogen) atoms. The van der Waals surface area contributed by atoms with Crippen LogP contribution in [0.1, 0.15) is 68.4 Å². The summed E-state index contributed by atoms with van der Waals surface area (Å²) in [5, 5.41) is 4.09. The average molecular weight is 601 g/mol. The Morgan fingerprint density at radius 1 is 1.03 bits per heavy atom. The van der Waals surface area contributed by atoms with E-state index in [9.17, 15) is 9.59 Å². The average Bonchev–Trinajstić information content (AvgIpc) is 3.41. The quantitative estimate of drug-likeness (QED) is 0.361. The number of carbonyl (C=O) groups is 2. The number of esters is 1. The van der Waals surface area contributed by atoms with Crippen LogP contribution in [0.25, 0.3) is 0 Å². The molecule has 0 saturated heterocycles. The Bertz CT molecular complexity index is 1330. The normalized spacial score (nSPS) is 21.8. The zero-order valence-corrected chi connectivity index (χ0v) is 24.1. The summed E-state index contributed by atoms with van der Waals surface area (Å²) in [4.78, 5) is 27.6. The van der Waals surface area contributed by atoms with Gasteiger partial charge in [0.25, 0.3) is 0 Å². The molecule has 3 aliphatic rings. The van der Waals surface area contributed by atoms with E-state index in [0.29, 0.717) is 46.2 Å². The van der Waals surface area contributed by atoms with Crippen molar-refractivity contribution in [3.63, 3.8) is 0 Å².